The van der Waals surface area contributed by atoms with Gasteiger partial charge in [-0.25, -0.2) is 9.37 Å². The number of nitrogens with zero attached hydrogens (tertiary/aromatic N) is 2. The van der Waals surface area contributed by atoms with Gasteiger partial charge in [-0.15, -0.1) is 11.3 Å². The summed E-state index contributed by atoms with van der Waals surface area (Å²) in [5.74, 6) is 0.319. The summed E-state index contributed by atoms with van der Waals surface area (Å²) in [4.78, 5) is 5.42. The zero-order valence-corrected chi connectivity index (χ0v) is 11.9. The first-order valence-electron chi connectivity index (χ1n) is 6.33. The maximum atomic E-state index is 13.3. The molecule has 0 aliphatic rings. The van der Waals surface area contributed by atoms with E-state index in [1.165, 1.54) is 12.1 Å². The van der Waals surface area contributed by atoms with Crippen molar-refractivity contribution in [2.24, 2.45) is 5.73 Å². The van der Waals surface area contributed by atoms with Crippen LogP contribution in [0.15, 0.2) is 48.1 Å². The average molecular weight is 300 g/mol. The molecule has 2 heterocycles. The van der Waals surface area contributed by atoms with E-state index in [0.717, 1.165) is 16.3 Å². The van der Waals surface area contributed by atoms with E-state index in [2.05, 4.69) is 4.98 Å². The van der Waals surface area contributed by atoms with Crippen LogP contribution < -0.4 is 5.73 Å². The second kappa shape index (κ2) is 5.49. The molecule has 3 N–H and O–H groups in total. The quantitative estimate of drug-likeness (QED) is 0.574. The lowest BCUT2D eigenvalue weighted by molar-refractivity contribution is 0.626. The number of nitrogen functional groups attached to an aromatic ring is 1. The van der Waals surface area contributed by atoms with Gasteiger partial charge in [0, 0.05) is 24.5 Å². The van der Waals surface area contributed by atoms with Crippen LogP contribution >= 0.6 is 11.3 Å². The van der Waals surface area contributed by atoms with Gasteiger partial charge in [-0.05, 0) is 29.1 Å². The van der Waals surface area contributed by atoms with Gasteiger partial charge in [0.25, 0.3) is 0 Å². The molecule has 3 rings (SSSR count). The van der Waals surface area contributed by atoms with Crippen LogP contribution in [0, 0.1) is 11.2 Å². The number of amidine groups is 1. The van der Waals surface area contributed by atoms with Gasteiger partial charge < -0.3 is 10.3 Å². The minimum atomic E-state index is -0.395. The Morgan fingerprint density at radius 1 is 1.38 bits per heavy atom. The maximum Gasteiger partial charge on any atom is 0.150 e. The van der Waals surface area contributed by atoms with Crippen molar-refractivity contribution in [2.45, 2.75) is 6.54 Å². The average Bonchev–Trinajstić information content (AvgIpc) is 3.11. The van der Waals surface area contributed by atoms with Crippen LogP contribution in [0.3, 0.4) is 0 Å². The predicted octanol–water partition coefficient (Wildman–Crippen LogP) is 3.08. The van der Waals surface area contributed by atoms with Gasteiger partial charge in [-0.3, -0.25) is 5.41 Å². The molecule has 0 radical (unpaired) electrons. The van der Waals surface area contributed by atoms with Crippen molar-refractivity contribution in [1.82, 2.24) is 9.55 Å². The van der Waals surface area contributed by atoms with Crippen molar-refractivity contribution in [3.8, 4) is 10.7 Å². The fraction of sp³-hybridized carbons (Fsp3) is 0.0667. The normalized spacial score (nSPS) is 10.7. The van der Waals surface area contributed by atoms with Crippen LogP contribution in [0.1, 0.15) is 11.1 Å². The lowest BCUT2D eigenvalue weighted by atomic mass is 10.1. The Bertz CT molecular complexity index is 777. The fourth-order valence-electron chi connectivity index (χ4n) is 2.19. The van der Waals surface area contributed by atoms with E-state index >= 15 is 0 Å². The predicted molar refractivity (Wildman–Crippen MR) is 82.1 cm³/mol. The first-order chi connectivity index (χ1) is 10.1. The minimum absolute atomic E-state index is 0.137. The summed E-state index contributed by atoms with van der Waals surface area (Å²) in [6.45, 7) is 0.489. The lowest BCUT2D eigenvalue weighted by Crippen LogP contribution is -2.15. The SMILES string of the molecule is N=C(N)c1cc(F)ccc1Cn1ccnc1-c1cccs1. The van der Waals surface area contributed by atoms with Crippen molar-refractivity contribution in [3.63, 3.8) is 0 Å². The molecule has 2 aromatic heterocycles. The first kappa shape index (κ1) is 13.5. The van der Waals surface area contributed by atoms with E-state index in [9.17, 15) is 4.39 Å². The Morgan fingerprint density at radius 2 is 2.24 bits per heavy atom. The third-order valence-electron chi connectivity index (χ3n) is 3.16. The molecule has 3 aromatic rings. The smallest absolute Gasteiger partial charge is 0.150 e. The Labute approximate surface area is 125 Å². The third kappa shape index (κ3) is 2.71. The van der Waals surface area contributed by atoms with E-state index in [1.54, 1.807) is 23.6 Å². The second-order valence-electron chi connectivity index (χ2n) is 4.57. The van der Waals surface area contributed by atoms with Gasteiger partial charge in [0.15, 0.2) is 0 Å². The van der Waals surface area contributed by atoms with Gasteiger partial charge in [-0.2, -0.15) is 0 Å². The van der Waals surface area contributed by atoms with Crippen LogP contribution in [0.4, 0.5) is 4.39 Å². The van der Waals surface area contributed by atoms with Crippen molar-refractivity contribution < 1.29 is 4.39 Å². The maximum absolute atomic E-state index is 13.3. The summed E-state index contributed by atoms with van der Waals surface area (Å²) < 4.78 is 15.3. The highest BCUT2D eigenvalue weighted by Gasteiger charge is 2.11. The monoisotopic (exact) mass is 300 g/mol. The number of aromatic nitrogens is 2. The van der Waals surface area contributed by atoms with Gasteiger partial charge >= 0.3 is 0 Å². The molecule has 0 aliphatic heterocycles. The second-order valence-corrected chi connectivity index (χ2v) is 5.52. The molecule has 0 saturated heterocycles. The van der Waals surface area contributed by atoms with E-state index in [-0.39, 0.29) is 5.84 Å². The topological polar surface area (TPSA) is 67.7 Å². The molecule has 0 bridgehead atoms. The first-order valence-corrected chi connectivity index (χ1v) is 7.21. The van der Waals surface area contributed by atoms with Gasteiger partial charge in [0.1, 0.15) is 17.5 Å². The molecule has 6 heteroatoms. The number of nitrogens with one attached hydrogen (secondary N) is 1. The lowest BCUT2D eigenvalue weighted by Gasteiger charge is -2.11. The van der Waals surface area contributed by atoms with Crippen LogP contribution in [0.2, 0.25) is 0 Å². The molecule has 0 atom stereocenters. The molecule has 0 amide bonds. The van der Waals surface area contributed by atoms with E-state index in [4.69, 9.17) is 11.1 Å². The molecule has 0 saturated carbocycles. The highest BCUT2D eigenvalue weighted by molar-refractivity contribution is 7.13. The number of hydrogen-bond donors (Lipinski definition) is 2. The standard InChI is InChI=1S/C15H13FN4S/c16-11-4-3-10(12(8-11)14(17)18)9-20-6-5-19-15(20)13-2-1-7-21-13/h1-8H,9H2,(H3,17,18). The number of halogens is 1. The zero-order valence-electron chi connectivity index (χ0n) is 11.1. The van der Waals surface area contributed by atoms with Crippen molar-refractivity contribution in [1.29, 1.82) is 5.41 Å². The molecule has 4 nitrogen and oxygen atoms in total. The molecule has 21 heavy (non-hydrogen) atoms. The highest BCUT2D eigenvalue weighted by Crippen LogP contribution is 2.24. The number of nitrogens with two attached hydrogens (primary N) is 1. The van der Waals surface area contributed by atoms with Gasteiger partial charge in [0.05, 0.1) is 4.88 Å². The van der Waals surface area contributed by atoms with Crippen LogP contribution in [0.5, 0.6) is 0 Å². The molecule has 0 aliphatic carbocycles. The third-order valence-corrected chi connectivity index (χ3v) is 4.03. The number of imidazole rings is 1. The van der Waals surface area contributed by atoms with Crippen molar-refractivity contribution >= 4 is 17.2 Å². The van der Waals surface area contributed by atoms with Gasteiger partial charge in [-0.1, -0.05) is 12.1 Å². The Balaban J connectivity index is 1.99. The van der Waals surface area contributed by atoms with E-state index in [0.29, 0.717) is 12.1 Å². The summed E-state index contributed by atoms with van der Waals surface area (Å²) in [6.07, 6.45) is 3.59. The Kier molecular flexibility index (Phi) is 3.53. The van der Waals surface area contributed by atoms with Crippen LogP contribution in [0.25, 0.3) is 10.7 Å². The van der Waals surface area contributed by atoms with Crippen LogP contribution in [-0.4, -0.2) is 15.4 Å². The minimum Gasteiger partial charge on any atom is -0.384 e. The molecule has 0 spiro atoms. The number of thiophene rings is 1. The molecule has 0 unspecified atom stereocenters. The molecule has 106 valence electrons. The molecular formula is C15H13FN4S. The van der Waals surface area contributed by atoms with E-state index < -0.39 is 5.82 Å². The Morgan fingerprint density at radius 3 is 2.95 bits per heavy atom. The highest BCUT2D eigenvalue weighted by atomic mass is 32.1. The summed E-state index contributed by atoms with van der Waals surface area (Å²) >= 11 is 1.61. The van der Waals surface area contributed by atoms with Crippen molar-refractivity contribution in [3.05, 3.63) is 65.0 Å². The summed E-state index contributed by atoms with van der Waals surface area (Å²) in [7, 11) is 0. The molecule has 0 fully saturated rings. The molecular weight excluding hydrogens is 287 g/mol. The number of benzene rings is 1. The summed E-state index contributed by atoms with van der Waals surface area (Å²) in [5.41, 5.74) is 6.75. The Hall–Kier alpha value is -2.47. The van der Waals surface area contributed by atoms with E-state index in [1.807, 2.05) is 28.3 Å². The summed E-state index contributed by atoms with van der Waals surface area (Å²) in [6, 6.07) is 8.30. The number of hydrogen-bond acceptors (Lipinski definition) is 3. The zero-order chi connectivity index (χ0) is 14.8. The fourth-order valence-corrected chi connectivity index (χ4v) is 2.92. The van der Waals surface area contributed by atoms with Gasteiger partial charge in [0.2, 0.25) is 0 Å². The number of rotatable bonds is 4. The molecule has 1 aromatic carbocycles. The largest absolute Gasteiger partial charge is 0.384 e. The summed E-state index contributed by atoms with van der Waals surface area (Å²) in [5, 5.41) is 9.58. The van der Waals surface area contributed by atoms with Crippen LogP contribution in [-0.2, 0) is 6.54 Å². The van der Waals surface area contributed by atoms with Crippen molar-refractivity contribution in [2.75, 3.05) is 0 Å².